The van der Waals surface area contributed by atoms with Crippen LogP contribution in [-0.4, -0.2) is 37.7 Å². The van der Waals surface area contributed by atoms with Gasteiger partial charge in [-0.2, -0.15) is 0 Å². The average molecular weight is 312 g/mol. The molecule has 2 atom stereocenters. The van der Waals surface area contributed by atoms with Gasteiger partial charge in [-0.05, 0) is 39.9 Å². The van der Waals surface area contributed by atoms with Gasteiger partial charge < -0.3 is 9.64 Å². The summed E-state index contributed by atoms with van der Waals surface area (Å²) in [5.74, 6) is 0. The van der Waals surface area contributed by atoms with Crippen molar-refractivity contribution in [3.8, 4) is 0 Å². The van der Waals surface area contributed by atoms with Crippen LogP contribution in [0.5, 0.6) is 0 Å². The number of unbranched alkanes of at least 4 members (excludes halogenated alkanes) is 10. The van der Waals surface area contributed by atoms with E-state index in [0.29, 0.717) is 12.2 Å². The van der Waals surface area contributed by atoms with E-state index in [0.717, 1.165) is 0 Å². The zero-order valence-electron chi connectivity index (χ0n) is 15.6. The monoisotopic (exact) mass is 311 g/mol. The van der Waals surface area contributed by atoms with Crippen LogP contribution in [0.2, 0.25) is 0 Å². The second kappa shape index (κ2) is 13.4. The van der Waals surface area contributed by atoms with Crippen LogP contribution >= 0.6 is 0 Å². The third-order valence-corrected chi connectivity index (χ3v) is 4.87. The fraction of sp³-hybridized carbons (Fsp3) is 1.00. The first kappa shape index (κ1) is 20.0. The Kier molecular flexibility index (Phi) is 12.1. The molecule has 0 aromatic carbocycles. The molecule has 0 aromatic heterocycles. The molecule has 2 nitrogen and oxygen atoms in total. The van der Waals surface area contributed by atoms with Gasteiger partial charge in [-0.3, -0.25) is 0 Å². The van der Waals surface area contributed by atoms with E-state index in [9.17, 15) is 0 Å². The maximum absolute atomic E-state index is 5.81. The van der Waals surface area contributed by atoms with Crippen LogP contribution in [0.25, 0.3) is 0 Å². The summed E-state index contributed by atoms with van der Waals surface area (Å²) < 4.78 is 5.81. The van der Waals surface area contributed by atoms with Gasteiger partial charge in [0.05, 0.1) is 12.2 Å². The Morgan fingerprint density at radius 2 is 1.09 bits per heavy atom. The van der Waals surface area contributed by atoms with E-state index in [4.69, 9.17) is 4.74 Å². The van der Waals surface area contributed by atoms with Crippen molar-refractivity contribution in [1.82, 2.24) is 4.90 Å². The first-order valence-electron chi connectivity index (χ1n) is 10.0. The average Bonchev–Trinajstić information content (AvgIpc) is 3.23. The van der Waals surface area contributed by atoms with Crippen molar-refractivity contribution in [3.05, 3.63) is 0 Å². The molecule has 0 aromatic rings. The van der Waals surface area contributed by atoms with E-state index in [1.54, 1.807) is 0 Å². The first-order chi connectivity index (χ1) is 10.7. The second-order valence-electron chi connectivity index (χ2n) is 7.48. The van der Waals surface area contributed by atoms with Gasteiger partial charge in [0.2, 0.25) is 0 Å². The molecule has 0 radical (unpaired) electrons. The number of rotatable bonds is 16. The molecule has 2 unspecified atom stereocenters. The maximum atomic E-state index is 5.81. The lowest BCUT2D eigenvalue weighted by Gasteiger charge is -2.08. The Bertz CT molecular complexity index is 242. The van der Waals surface area contributed by atoms with Crippen molar-refractivity contribution in [1.29, 1.82) is 0 Å². The number of hydrogen-bond donors (Lipinski definition) is 0. The molecule has 0 spiro atoms. The van der Waals surface area contributed by atoms with Crippen molar-refractivity contribution in [2.24, 2.45) is 0 Å². The SMILES string of the molecule is CCCCCCCCC1OC1CCCCCCCCN(C)C. The first-order valence-corrected chi connectivity index (χ1v) is 10.0. The highest BCUT2D eigenvalue weighted by Gasteiger charge is 2.36. The lowest BCUT2D eigenvalue weighted by Crippen LogP contribution is -2.12. The molecular formula is C20H41NO. The van der Waals surface area contributed by atoms with E-state index in [1.165, 1.54) is 96.4 Å². The summed E-state index contributed by atoms with van der Waals surface area (Å²) >= 11 is 0. The van der Waals surface area contributed by atoms with Crippen LogP contribution in [0.1, 0.15) is 96.8 Å². The van der Waals surface area contributed by atoms with Gasteiger partial charge in [0.25, 0.3) is 0 Å². The predicted molar refractivity (Wildman–Crippen MR) is 97.5 cm³/mol. The summed E-state index contributed by atoms with van der Waals surface area (Å²) in [6.07, 6.45) is 20.7. The summed E-state index contributed by atoms with van der Waals surface area (Å²) in [6, 6.07) is 0. The largest absolute Gasteiger partial charge is 0.370 e. The molecule has 132 valence electrons. The zero-order chi connectivity index (χ0) is 16.0. The van der Waals surface area contributed by atoms with Gasteiger partial charge in [-0.1, -0.05) is 77.6 Å². The number of nitrogens with zero attached hydrogens (tertiary/aromatic N) is 1. The van der Waals surface area contributed by atoms with Crippen LogP contribution in [-0.2, 0) is 4.74 Å². The molecule has 1 saturated heterocycles. The zero-order valence-corrected chi connectivity index (χ0v) is 15.6. The van der Waals surface area contributed by atoms with Gasteiger partial charge in [0, 0.05) is 0 Å². The fourth-order valence-electron chi connectivity index (χ4n) is 3.29. The molecule has 2 heteroatoms. The number of hydrogen-bond acceptors (Lipinski definition) is 2. The predicted octanol–water partition coefficient (Wildman–Crippen LogP) is 5.80. The smallest absolute Gasteiger partial charge is 0.0841 e. The molecule has 0 aliphatic carbocycles. The van der Waals surface area contributed by atoms with E-state index >= 15 is 0 Å². The Labute approximate surface area is 140 Å². The van der Waals surface area contributed by atoms with Gasteiger partial charge in [-0.25, -0.2) is 0 Å². The van der Waals surface area contributed by atoms with Crippen molar-refractivity contribution >= 4 is 0 Å². The van der Waals surface area contributed by atoms with E-state index in [-0.39, 0.29) is 0 Å². The number of epoxide rings is 1. The van der Waals surface area contributed by atoms with Crippen LogP contribution in [0, 0.1) is 0 Å². The van der Waals surface area contributed by atoms with Gasteiger partial charge >= 0.3 is 0 Å². The standard InChI is InChI=1S/C20H41NO/c1-4-5-6-7-10-13-16-19-20(22-19)17-14-11-8-9-12-15-18-21(2)3/h19-20H,4-18H2,1-3H3. The third-order valence-electron chi connectivity index (χ3n) is 4.87. The van der Waals surface area contributed by atoms with Crippen molar-refractivity contribution in [3.63, 3.8) is 0 Å². The summed E-state index contributed by atoms with van der Waals surface area (Å²) in [5, 5.41) is 0. The van der Waals surface area contributed by atoms with Crippen molar-refractivity contribution in [2.45, 2.75) is 109 Å². The molecule has 1 aliphatic heterocycles. The van der Waals surface area contributed by atoms with E-state index in [2.05, 4.69) is 25.9 Å². The van der Waals surface area contributed by atoms with Gasteiger partial charge in [-0.15, -0.1) is 0 Å². The van der Waals surface area contributed by atoms with Crippen LogP contribution < -0.4 is 0 Å². The van der Waals surface area contributed by atoms with Crippen molar-refractivity contribution in [2.75, 3.05) is 20.6 Å². The second-order valence-corrected chi connectivity index (χ2v) is 7.48. The summed E-state index contributed by atoms with van der Waals surface area (Å²) in [4.78, 5) is 2.29. The molecule has 1 rings (SSSR count). The lowest BCUT2D eigenvalue weighted by molar-refractivity contribution is 0.347. The molecule has 1 aliphatic rings. The maximum Gasteiger partial charge on any atom is 0.0841 e. The van der Waals surface area contributed by atoms with Crippen LogP contribution in [0.3, 0.4) is 0 Å². The Balaban J connectivity index is 1.75. The Hall–Kier alpha value is -0.0800. The minimum atomic E-state index is 0.629. The molecular weight excluding hydrogens is 270 g/mol. The quantitative estimate of drug-likeness (QED) is 0.264. The molecule has 1 heterocycles. The highest BCUT2D eigenvalue weighted by molar-refractivity contribution is 4.84. The Morgan fingerprint density at radius 1 is 0.636 bits per heavy atom. The third kappa shape index (κ3) is 11.5. The van der Waals surface area contributed by atoms with Gasteiger partial charge in [0.15, 0.2) is 0 Å². The minimum absolute atomic E-state index is 0.629. The molecule has 1 fully saturated rings. The Morgan fingerprint density at radius 3 is 1.59 bits per heavy atom. The summed E-state index contributed by atoms with van der Waals surface area (Å²) in [5.41, 5.74) is 0. The fourth-order valence-corrected chi connectivity index (χ4v) is 3.29. The van der Waals surface area contributed by atoms with Crippen LogP contribution in [0.4, 0.5) is 0 Å². The molecule has 22 heavy (non-hydrogen) atoms. The molecule has 0 amide bonds. The number of ether oxygens (including phenoxy) is 1. The topological polar surface area (TPSA) is 15.8 Å². The molecule has 0 N–H and O–H groups in total. The molecule has 0 bridgehead atoms. The van der Waals surface area contributed by atoms with Crippen molar-refractivity contribution < 1.29 is 4.74 Å². The lowest BCUT2D eigenvalue weighted by atomic mass is 10.0. The summed E-state index contributed by atoms with van der Waals surface area (Å²) in [6.45, 7) is 3.53. The normalized spacial score (nSPS) is 20.7. The minimum Gasteiger partial charge on any atom is -0.370 e. The highest BCUT2D eigenvalue weighted by Crippen LogP contribution is 2.31. The van der Waals surface area contributed by atoms with Gasteiger partial charge in [0.1, 0.15) is 0 Å². The van der Waals surface area contributed by atoms with Crippen LogP contribution in [0.15, 0.2) is 0 Å². The van der Waals surface area contributed by atoms with E-state index in [1.807, 2.05) is 0 Å². The summed E-state index contributed by atoms with van der Waals surface area (Å²) in [7, 11) is 4.33. The highest BCUT2D eigenvalue weighted by atomic mass is 16.6. The van der Waals surface area contributed by atoms with E-state index < -0.39 is 0 Å². The molecule has 0 saturated carbocycles.